The molecule has 172 valence electrons. The molecule has 2 amide bonds. The third-order valence-corrected chi connectivity index (χ3v) is 5.56. The van der Waals surface area contributed by atoms with E-state index in [1.54, 1.807) is 0 Å². The van der Waals surface area contributed by atoms with Gasteiger partial charge in [0.05, 0.1) is 26.0 Å². The van der Waals surface area contributed by atoms with Crippen molar-refractivity contribution in [2.75, 3.05) is 20.3 Å². The van der Waals surface area contributed by atoms with Gasteiger partial charge in [-0.2, -0.15) is 0 Å². The number of nitrogens with one attached hydrogen (secondary N) is 1. The van der Waals surface area contributed by atoms with Crippen LogP contribution in [-0.2, 0) is 32.2 Å². The molecule has 4 rings (SSSR count). The number of carbonyl (C=O) groups excluding carboxylic acids is 3. The van der Waals surface area contributed by atoms with E-state index in [1.807, 2.05) is 60.7 Å². The number of methoxy groups -OCH3 is 1. The van der Waals surface area contributed by atoms with E-state index in [2.05, 4.69) is 5.32 Å². The van der Waals surface area contributed by atoms with Gasteiger partial charge in [-0.15, -0.1) is 0 Å². The van der Waals surface area contributed by atoms with Crippen LogP contribution in [0.15, 0.2) is 72.1 Å². The Balaban J connectivity index is 1.45. The highest BCUT2D eigenvalue weighted by molar-refractivity contribution is 5.83. The van der Waals surface area contributed by atoms with Gasteiger partial charge in [0, 0.05) is 12.1 Å². The van der Waals surface area contributed by atoms with Crippen molar-refractivity contribution in [3.05, 3.63) is 83.2 Å². The first-order valence-corrected chi connectivity index (χ1v) is 10.6. The summed E-state index contributed by atoms with van der Waals surface area (Å²) < 4.78 is 15.8. The second-order valence-electron chi connectivity index (χ2n) is 7.64. The maximum atomic E-state index is 12.9. The average Bonchev–Trinajstić information content (AvgIpc) is 3.29. The number of hydrogen-bond donors (Lipinski definition) is 1. The first-order valence-electron chi connectivity index (χ1n) is 10.6. The number of carbonyl (C=O) groups is 3. The summed E-state index contributed by atoms with van der Waals surface area (Å²) in [6.07, 6.45) is -1.01. The molecular weight excluding hydrogens is 426 g/mol. The predicted molar refractivity (Wildman–Crippen MR) is 117 cm³/mol. The van der Waals surface area contributed by atoms with Crippen LogP contribution in [0.4, 0.5) is 9.59 Å². The number of nitrogens with zero attached hydrogens (tertiary/aromatic N) is 2. The third kappa shape index (κ3) is 5.08. The van der Waals surface area contributed by atoms with E-state index in [0.29, 0.717) is 11.4 Å². The van der Waals surface area contributed by atoms with Crippen LogP contribution < -0.4 is 5.32 Å². The van der Waals surface area contributed by atoms with Gasteiger partial charge in [-0.25, -0.2) is 14.4 Å². The number of ether oxygens (including phenoxy) is 3. The van der Waals surface area contributed by atoms with E-state index in [1.165, 1.54) is 16.9 Å². The minimum absolute atomic E-state index is 0.0101. The van der Waals surface area contributed by atoms with Crippen molar-refractivity contribution in [2.45, 2.75) is 25.7 Å². The van der Waals surface area contributed by atoms with Crippen molar-refractivity contribution in [1.29, 1.82) is 0 Å². The summed E-state index contributed by atoms with van der Waals surface area (Å²) in [4.78, 5) is 40.7. The third-order valence-electron chi connectivity index (χ3n) is 5.56. The number of amides is 2. The lowest BCUT2D eigenvalue weighted by molar-refractivity contribution is -0.146. The maximum Gasteiger partial charge on any atom is 0.415 e. The van der Waals surface area contributed by atoms with Crippen molar-refractivity contribution in [3.8, 4) is 0 Å². The Bertz CT molecular complexity index is 1040. The van der Waals surface area contributed by atoms with Gasteiger partial charge in [-0.3, -0.25) is 9.80 Å². The average molecular weight is 451 g/mol. The zero-order valence-electron chi connectivity index (χ0n) is 18.2. The quantitative estimate of drug-likeness (QED) is 0.551. The fraction of sp³-hybridized carbons (Fsp3) is 0.292. The van der Waals surface area contributed by atoms with E-state index in [0.717, 1.165) is 11.1 Å². The fourth-order valence-corrected chi connectivity index (χ4v) is 3.79. The summed E-state index contributed by atoms with van der Waals surface area (Å²) in [7, 11) is 1.27. The largest absolute Gasteiger partial charge is 0.467 e. The second-order valence-corrected chi connectivity index (χ2v) is 7.64. The summed E-state index contributed by atoms with van der Waals surface area (Å²) >= 11 is 0. The summed E-state index contributed by atoms with van der Waals surface area (Å²) in [6.45, 7) is 0.401. The van der Waals surface area contributed by atoms with Gasteiger partial charge < -0.3 is 19.5 Å². The number of hydrogen-bond acceptors (Lipinski definition) is 7. The predicted octanol–water partition coefficient (Wildman–Crippen LogP) is 2.98. The first kappa shape index (κ1) is 22.2. The highest BCUT2D eigenvalue weighted by Crippen LogP contribution is 2.29. The lowest BCUT2D eigenvalue weighted by Crippen LogP contribution is -2.50. The molecule has 2 heterocycles. The van der Waals surface area contributed by atoms with Crippen LogP contribution in [0.1, 0.15) is 17.5 Å². The minimum Gasteiger partial charge on any atom is -0.467 e. The molecular formula is C24H25N3O6. The normalized spacial score (nSPS) is 17.2. The van der Waals surface area contributed by atoms with Crippen molar-refractivity contribution in [1.82, 2.24) is 15.1 Å². The van der Waals surface area contributed by atoms with Gasteiger partial charge in [0.2, 0.25) is 0 Å². The van der Waals surface area contributed by atoms with Crippen LogP contribution >= 0.6 is 0 Å². The molecule has 2 aliphatic heterocycles. The van der Waals surface area contributed by atoms with E-state index in [9.17, 15) is 14.4 Å². The molecule has 0 radical (unpaired) electrons. The smallest absolute Gasteiger partial charge is 0.415 e. The molecule has 0 bridgehead atoms. The molecule has 2 aromatic carbocycles. The molecule has 9 heteroatoms. The van der Waals surface area contributed by atoms with Crippen molar-refractivity contribution >= 4 is 18.2 Å². The maximum absolute atomic E-state index is 12.9. The van der Waals surface area contributed by atoms with Gasteiger partial charge in [-0.05, 0) is 11.1 Å². The van der Waals surface area contributed by atoms with E-state index >= 15 is 0 Å². The lowest BCUT2D eigenvalue weighted by atomic mass is 10.0. The lowest BCUT2D eigenvalue weighted by Gasteiger charge is -2.34. The molecule has 1 atom stereocenters. The molecule has 9 nitrogen and oxygen atoms in total. The monoisotopic (exact) mass is 451 g/mol. The van der Waals surface area contributed by atoms with Gasteiger partial charge in [0.25, 0.3) is 0 Å². The molecule has 2 aliphatic rings. The van der Waals surface area contributed by atoms with Gasteiger partial charge in [0.1, 0.15) is 19.3 Å². The summed E-state index contributed by atoms with van der Waals surface area (Å²) in [5.41, 5.74) is 2.97. The van der Waals surface area contributed by atoms with Crippen molar-refractivity contribution in [2.24, 2.45) is 0 Å². The summed E-state index contributed by atoms with van der Waals surface area (Å²) in [5.74, 6) is -0.551. The molecule has 0 aromatic heterocycles. The Hall–Kier alpha value is -4.01. The second kappa shape index (κ2) is 10.1. The SMILES string of the molecule is COC(=O)C1CC2=C(CN1C(=O)OCc1ccccc1)N(C(=O)OCc1ccccc1)CN2. The van der Waals surface area contributed by atoms with Crippen LogP contribution in [0.25, 0.3) is 0 Å². The van der Waals surface area contributed by atoms with Crippen LogP contribution in [0, 0.1) is 0 Å². The van der Waals surface area contributed by atoms with Crippen LogP contribution in [0.2, 0.25) is 0 Å². The van der Waals surface area contributed by atoms with E-state index < -0.39 is 24.2 Å². The molecule has 1 N–H and O–H groups in total. The van der Waals surface area contributed by atoms with Crippen LogP contribution in [-0.4, -0.2) is 54.3 Å². The van der Waals surface area contributed by atoms with E-state index in [4.69, 9.17) is 14.2 Å². The Labute approximate surface area is 191 Å². The zero-order chi connectivity index (χ0) is 23.2. The zero-order valence-corrected chi connectivity index (χ0v) is 18.2. The summed E-state index contributed by atoms with van der Waals surface area (Å²) in [5, 5.41) is 3.13. The Morgan fingerprint density at radius 2 is 1.48 bits per heavy atom. The standard InChI is InChI=1S/C24H25N3O6/c1-31-22(28)20-12-19-21(13-26(20)23(29)32-14-17-8-4-2-5-9-17)27(16-25-19)24(30)33-15-18-10-6-3-7-11-18/h2-11,20,25H,12-16H2,1H3. The molecule has 0 aliphatic carbocycles. The molecule has 0 saturated heterocycles. The topological polar surface area (TPSA) is 97.4 Å². The Morgan fingerprint density at radius 3 is 2.06 bits per heavy atom. The Kier molecular flexibility index (Phi) is 6.77. The first-order chi connectivity index (χ1) is 16.1. The highest BCUT2D eigenvalue weighted by atomic mass is 16.6. The minimum atomic E-state index is -0.857. The molecule has 33 heavy (non-hydrogen) atoms. The molecule has 0 fully saturated rings. The van der Waals surface area contributed by atoms with E-state index in [-0.39, 0.29) is 32.8 Å². The van der Waals surface area contributed by atoms with Crippen molar-refractivity contribution in [3.63, 3.8) is 0 Å². The molecule has 0 spiro atoms. The van der Waals surface area contributed by atoms with Gasteiger partial charge >= 0.3 is 18.2 Å². The molecule has 0 saturated carbocycles. The number of esters is 1. The van der Waals surface area contributed by atoms with Crippen LogP contribution in [0.5, 0.6) is 0 Å². The molecule has 2 aromatic rings. The van der Waals surface area contributed by atoms with Crippen molar-refractivity contribution < 1.29 is 28.6 Å². The highest BCUT2D eigenvalue weighted by Gasteiger charge is 2.42. The van der Waals surface area contributed by atoms with Crippen LogP contribution in [0.3, 0.4) is 0 Å². The fourth-order valence-electron chi connectivity index (χ4n) is 3.79. The number of benzene rings is 2. The summed E-state index contributed by atoms with van der Waals surface area (Å²) in [6, 6.07) is 17.8. The van der Waals surface area contributed by atoms with Gasteiger partial charge in [0.15, 0.2) is 0 Å². The van der Waals surface area contributed by atoms with Gasteiger partial charge in [-0.1, -0.05) is 60.7 Å². The Morgan fingerprint density at radius 1 is 0.909 bits per heavy atom. The molecule has 1 unspecified atom stereocenters. The number of rotatable bonds is 5.